The fourth-order valence-electron chi connectivity index (χ4n) is 1.89. The summed E-state index contributed by atoms with van der Waals surface area (Å²) in [6.45, 7) is 2.99. The van der Waals surface area contributed by atoms with E-state index in [4.69, 9.17) is 5.73 Å². The van der Waals surface area contributed by atoms with Crippen LogP contribution in [0.1, 0.15) is 11.1 Å². The van der Waals surface area contributed by atoms with Gasteiger partial charge in [-0.05, 0) is 42.3 Å². The summed E-state index contributed by atoms with van der Waals surface area (Å²) in [5.74, 6) is 0. The average molecular weight is 226 g/mol. The molecular weight excluding hydrogens is 208 g/mol. The van der Waals surface area contributed by atoms with Crippen molar-refractivity contribution in [1.29, 1.82) is 0 Å². The minimum Gasteiger partial charge on any atom is -0.399 e. The van der Waals surface area contributed by atoms with Crippen LogP contribution in [0.2, 0.25) is 0 Å². The van der Waals surface area contributed by atoms with Gasteiger partial charge in [-0.15, -0.1) is 0 Å². The molecule has 88 valence electrons. The van der Waals surface area contributed by atoms with Crippen molar-refractivity contribution in [2.75, 3.05) is 17.7 Å². The van der Waals surface area contributed by atoms with Crippen molar-refractivity contribution in [2.45, 2.75) is 13.5 Å². The highest BCUT2D eigenvalue weighted by molar-refractivity contribution is 5.49. The molecule has 2 N–H and O–H groups in total. The molecule has 0 amide bonds. The molecule has 0 aromatic heterocycles. The first kappa shape index (κ1) is 11.5. The van der Waals surface area contributed by atoms with E-state index in [2.05, 4.69) is 55.3 Å². The largest absolute Gasteiger partial charge is 0.399 e. The number of hydrogen-bond donors (Lipinski definition) is 1. The Hall–Kier alpha value is -1.96. The third-order valence-electron chi connectivity index (χ3n) is 2.98. The lowest BCUT2D eigenvalue weighted by Crippen LogP contribution is -2.17. The first-order valence-electron chi connectivity index (χ1n) is 5.78. The normalized spacial score (nSPS) is 10.2. The lowest BCUT2D eigenvalue weighted by Gasteiger charge is -2.20. The summed E-state index contributed by atoms with van der Waals surface area (Å²) in [4.78, 5) is 2.22. The molecule has 0 aliphatic heterocycles. The molecule has 0 atom stereocenters. The second-order valence-corrected chi connectivity index (χ2v) is 4.38. The van der Waals surface area contributed by atoms with Crippen molar-refractivity contribution >= 4 is 11.4 Å². The monoisotopic (exact) mass is 226 g/mol. The molecule has 17 heavy (non-hydrogen) atoms. The Morgan fingerprint density at radius 3 is 2.47 bits per heavy atom. The maximum absolute atomic E-state index is 5.82. The zero-order valence-electron chi connectivity index (χ0n) is 10.4. The van der Waals surface area contributed by atoms with Crippen molar-refractivity contribution in [3.8, 4) is 0 Å². The van der Waals surface area contributed by atoms with Crippen LogP contribution in [0.3, 0.4) is 0 Å². The SMILES string of the molecule is Cc1ccc(N)cc1CN(C)c1ccccc1. The third-order valence-corrected chi connectivity index (χ3v) is 2.98. The van der Waals surface area contributed by atoms with Crippen LogP contribution in [0.25, 0.3) is 0 Å². The highest BCUT2D eigenvalue weighted by Crippen LogP contribution is 2.18. The summed E-state index contributed by atoms with van der Waals surface area (Å²) < 4.78 is 0. The van der Waals surface area contributed by atoms with Crippen LogP contribution >= 0.6 is 0 Å². The van der Waals surface area contributed by atoms with Crippen LogP contribution < -0.4 is 10.6 Å². The Balaban J connectivity index is 2.18. The highest BCUT2D eigenvalue weighted by atomic mass is 15.1. The standard InChI is InChI=1S/C15H18N2/c1-12-8-9-14(16)10-13(12)11-17(2)15-6-4-3-5-7-15/h3-10H,11,16H2,1-2H3. The number of nitrogen functional groups attached to an aromatic ring is 1. The van der Waals surface area contributed by atoms with Crippen LogP contribution in [-0.2, 0) is 6.54 Å². The Morgan fingerprint density at radius 2 is 1.76 bits per heavy atom. The second kappa shape index (κ2) is 4.91. The molecular formula is C15H18N2. The number of rotatable bonds is 3. The molecule has 0 aliphatic carbocycles. The van der Waals surface area contributed by atoms with Crippen molar-refractivity contribution in [1.82, 2.24) is 0 Å². The minimum absolute atomic E-state index is 0.826. The van der Waals surface area contributed by atoms with Gasteiger partial charge in [0.1, 0.15) is 0 Å². The first-order valence-corrected chi connectivity index (χ1v) is 5.78. The van der Waals surface area contributed by atoms with Gasteiger partial charge in [0.05, 0.1) is 0 Å². The zero-order chi connectivity index (χ0) is 12.3. The van der Waals surface area contributed by atoms with Gasteiger partial charge in [-0.2, -0.15) is 0 Å². The minimum atomic E-state index is 0.826. The summed E-state index contributed by atoms with van der Waals surface area (Å²) >= 11 is 0. The molecule has 2 aromatic rings. The van der Waals surface area contributed by atoms with Gasteiger partial charge in [-0.3, -0.25) is 0 Å². The lowest BCUT2D eigenvalue weighted by molar-refractivity contribution is 0.915. The molecule has 2 heteroatoms. The van der Waals surface area contributed by atoms with Gasteiger partial charge >= 0.3 is 0 Å². The quantitative estimate of drug-likeness (QED) is 0.814. The van der Waals surface area contributed by atoms with E-state index in [1.165, 1.54) is 16.8 Å². The predicted octanol–water partition coefficient (Wildman–Crippen LogP) is 3.21. The molecule has 2 rings (SSSR count). The Bertz CT molecular complexity index is 492. The number of benzene rings is 2. The number of nitrogens with two attached hydrogens (primary N) is 1. The fraction of sp³-hybridized carbons (Fsp3) is 0.200. The molecule has 2 nitrogen and oxygen atoms in total. The molecule has 0 saturated carbocycles. The van der Waals surface area contributed by atoms with Gasteiger partial charge in [0.25, 0.3) is 0 Å². The van der Waals surface area contributed by atoms with E-state index in [0.717, 1.165) is 12.2 Å². The number of aryl methyl sites for hydroxylation is 1. The van der Waals surface area contributed by atoms with Crippen molar-refractivity contribution < 1.29 is 0 Å². The molecule has 0 aliphatic rings. The maximum atomic E-state index is 5.82. The van der Waals surface area contributed by atoms with Crippen molar-refractivity contribution in [3.05, 3.63) is 59.7 Å². The van der Waals surface area contributed by atoms with Crippen LogP contribution in [0, 0.1) is 6.92 Å². The summed E-state index contributed by atoms with van der Waals surface area (Å²) in [6.07, 6.45) is 0. The number of nitrogens with zero attached hydrogens (tertiary/aromatic N) is 1. The summed E-state index contributed by atoms with van der Waals surface area (Å²) in [5, 5.41) is 0. The van der Waals surface area contributed by atoms with Gasteiger partial charge < -0.3 is 10.6 Å². The lowest BCUT2D eigenvalue weighted by atomic mass is 10.1. The van der Waals surface area contributed by atoms with E-state index in [1.54, 1.807) is 0 Å². The summed E-state index contributed by atoms with van der Waals surface area (Å²) in [5.41, 5.74) is 10.4. The van der Waals surface area contributed by atoms with Gasteiger partial charge in [0.15, 0.2) is 0 Å². The molecule has 0 heterocycles. The average Bonchev–Trinajstić information content (AvgIpc) is 2.35. The van der Waals surface area contributed by atoms with Crippen LogP contribution in [0.4, 0.5) is 11.4 Å². The smallest absolute Gasteiger partial charge is 0.0429 e. The Morgan fingerprint density at radius 1 is 1.06 bits per heavy atom. The summed E-state index contributed by atoms with van der Waals surface area (Å²) in [6, 6.07) is 16.4. The molecule has 0 saturated heterocycles. The van der Waals surface area contributed by atoms with Crippen LogP contribution in [-0.4, -0.2) is 7.05 Å². The summed E-state index contributed by atoms with van der Waals surface area (Å²) in [7, 11) is 2.10. The topological polar surface area (TPSA) is 29.3 Å². The highest BCUT2D eigenvalue weighted by Gasteiger charge is 2.04. The molecule has 0 radical (unpaired) electrons. The van der Waals surface area contributed by atoms with E-state index >= 15 is 0 Å². The Labute approximate surface area is 103 Å². The van der Waals surface area contributed by atoms with Gasteiger partial charge in [0, 0.05) is 25.0 Å². The predicted molar refractivity (Wildman–Crippen MR) is 74.1 cm³/mol. The van der Waals surface area contributed by atoms with Gasteiger partial charge in [0.2, 0.25) is 0 Å². The molecule has 0 spiro atoms. The van der Waals surface area contributed by atoms with Crippen molar-refractivity contribution in [2.24, 2.45) is 0 Å². The molecule has 0 bridgehead atoms. The number of hydrogen-bond acceptors (Lipinski definition) is 2. The van der Waals surface area contributed by atoms with E-state index < -0.39 is 0 Å². The number of para-hydroxylation sites is 1. The van der Waals surface area contributed by atoms with E-state index in [9.17, 15) is 0 Å². The first-order chi connectivity index (χ1) is 8.16. The van der Waals surface area contributed by atoms with E-state index in [-0.39, 0.29) is 0 Å². The van der Waals surface area contributed by atoms with E-state index in [1.807, 2.05) is 12.1 Å². The molecule has 2 aromatic carbocycles. The van der Waals surface area contributed by atoms with Gasteiger partial charge in [-0.1, -0.05) is 24.3 Å². The van der Waals surface area contributed by atoms with Crippen LogP contribution in [0.15, 0.2) is 48.5 Å². The fourth-order valence-corrected chi connectivity index (χ4v) is 1.89. The number of anilines is 2. The van der Waals surface area contributed by atoms with E-state index in [0.29, 0.717) is 0 Å². The molecule has 0 unspecified atom stereocenters. The Kier molecular flexibility index (Phi) is 3.33. The molecule has 0 fully saturated rings. The second-order valence-electron chi connectivity index (χ2n) is 4.38. The van der Waals surface area contributed by atoms with Crippen LogP contribution in [0.5, 0.6) is 0 Å². The maximum Gasteiger partial charge on any atom is 0.0429 e. The third kappa shape index (κ3) is 2.78. The van der Waals surface area contributed by atoms with Crippen molar-refractivity contribution in [3.63, 3.8) is 0 Å². The van der Waals surface area contributed by atoms with Gasteiger partial charge in [-0.25, -0.2) is 0 Å². The zero-order valence-corrected chi connectivity index (χ0v) is 10.4.